The van der Waals surface area contributed by atoms with Crippen molar-refractivity contribution in [3.63, 3.8) is 0 Å². The molecule has 0 amide bonds. The van der Waals surface area contributed by atoms with Crippen LogP contribution in [0, 0.1) is 0 Å². The molecule has 4 heteroatoms. The average molecular weight is 405 g/mol. The zero-order valence-electron chi connectivity index (χ0n) is 19.0. The van der Waals surface area contributed by atoms with E-state index in [0.717, 1.165) is 25.5 Å². The number of para-hydroxylation sites is 1. The quantitative estimate of drug-likeness (QED) is 0.592. The normalized spacial score (nSPS) is 17.1. The summed E-state index contributed by atoms with van der Waals surface area (Å²) in [6, 6.07) is 13.3. The summed E-state index contributed by atoms with van der Waals surface area (Å²) in [6.07, 6.45) is 7.10. The van der Waals surface area contributed by atoms with Gasteiger partial charge in [-0.3, -0.25) is 9.88 Å². The second-order valence-electron chi connectivity index (χ2n) is 9.35. The number of hydrogen-bond donors (Lipinski definition) is 0. The van der Waals surface area contributed by atoms with Gasteiger partial charge in [-0.1, -0.05) is 52.0 Å². The molecule has 0 spiro atoms. The van der Waals surface area contributed by atoms with Gasteiger partial charge in [-0.2, -0.15) is 0 Å². The largest absolute Gasteiger partial charge is 0.352 e. The Kier molecular flexibility index (Phi) is 6.43. The number of benzene rings is 1. The minimum absolute atomic E-state index is 0.505. The molecule has 0 unspecified atom stereocenters. The van der Waals surface area contributed by atoms with Gasteiger partial charge in [0, 0.05) is 24.6 Å². The van der Waals surface area contributed by atoms with Crippen LogP contribution >= 0.6 is 0 Å². The number of rotatable bonds is 7. The molecule has 0 atom stereocenters. The molecular formula is C26H36N4. The van der Waals surface area contributed by atoms with Crippen LogP contribution in [-0.4, -0.2) is 34.5 Å². The second-order valence-corrected chi connectivity index (χ2v) is 9.35. The monoisotopic (exact) mass is 404 g/mol. The third-order valence-corrected chi connectivity index (χ3v) is 6.23. The summed E-state index contributed by atoms with van der Waals surface area (Å²) in [4.78, 5) is 12.2. The van der Waals surface area contributed by atoms with Gasteiger partial charge < -0.3 is 9.80 Å². The van der Waals surface area contributed by atoms with Gasteiger partial charge in [-0.15, -0.1) is 0 Å². The lowest BCUT2D eigenvalue weighted by Crippen LogP contribution is -2.27. The minimum atomic E-state index is 0.505. The molecule has 4 nitrogen and oxygen atoms in total. The van der Waals surface area contributed by atoms with E-state index in [1.165, 1.54) is 48.4 Å². The first-order valence-electron chi connectivity index (χ1n) is 11.5. The lowest BCUT2D eigenvalue weighted by molar-refractivity contribution is 0.325. The first kappa shape index (κ1) is 20.9. The predicted octanol–water partition coefficient (Wildman–Crippen LogP) is 5.68. The number of pyridine rings is 1. The van der Waals surface area contributed by atoms with Gasteiger partial charge in [0.05, 0.1) is 24.6 Å². The molecule has 1 saturated heterocycles. The van der Waals surface area contributed by atoms with Crippen molar-refractivity contribution in [3.05, 3.63) is 71.3 Å². The van der Waals surface area contributed by atoms with Crippen LogP contribution in [0.2, 0.25) is 0 Å². The van der Waals surface area contributed by atoms with Gasteiger partial charge in [0.1, 0.15) is 0 Å². The van der Waals surface area contributed by atoms with Crippen LogP contribution < -0.4 is 4.90 Å². The van der Waals surface area contributed by atoms with Crippen molar-refractivity contribution in [2.24, 2.45) is 0 Å². The van der Waals surface area contributed by atoms with Crippen molar-refractivity contribution in [3.8, 4) is 0 Å². The van der Waals surface area contributed by atoms with E-state index in [1.807, 2.05) is 0 Å². The van der Waals surface area contributed by atoms with Crippen molar-refractivity contribution < 1.29 is 0 Å². The Bertz CT molecular complexity index is 854. The highest BCUT2D eigenvalue weighted by atomic mass is 15.3. The molecule has 0 bridgehead atoms. The fraction of sp³-hybridized carbons (Fsp3) is 0.500. The maximum atomic E-state index is 4.95. The Morgan fingerprint density at radius 3 is 2.03 bits per heavy atom. The average Bonchev–Trinajstić information content (AvgIpc) is 3.39. The van der Waals surface area contributed by atoms with Crippen LogP contribution in [0.15, 0.2) is 48.8 Å². The van der Waals surface area contributed by atoms with Crippen LogP contribution in [0.1, 0.15) is 74.9 Å². The number of aromatic nitrogens is 1. The molecule has 30 heavy (non-hydrogen) atoms. The molecule has 0 N–H and O–H groups in total. The number of anilines is 1. The highest BCUT2D eigenvalue weighted by molar-refractivity contribution is 5.64. The Morgan fingerprint density at radius 1 is 0.800 bits per heavy atom. The van der Waals surface area contributed by atoms with E-state index in [1.54, 1.807) is 0 Å². The highest BCUT2D eigenvalue weighted by Gasteiger charge is 2.22. The number of hydrogen-bond acceptors (Lipinski definition) is 4. The molecule has 0 radical (unpaired) electrons. The van der Waals surface area contributed by atoms with E-state index in [4.69, 9.17) is 4.98 Å². The van der Waals surface area contributed by atoms with Crippen molar-refractivity contribution >= 4 is 5.69 Å². The van der Waals surface area contributed by atoms with Crippen LogP contribution in [-0.2, 0) is 13.1 Å². The summed E-state index contributed by atoms with van der Waals surface area (Å²) in [5, 5.41) is 0. The second kappa shape index (κ2) is 9.22. The fourth-order valence-corrected chi connectivity index (χ4v) is 4.64. The number of nitrogens with zero attached hydrogens (tertiary/aromatic N) is 4. The van der Waals surface area contributed by atoms with Gasteiger partial charge in [-0.05, 0) is 61.0 Å². The highest BCUT2D eigenvalue weighted by Crippen LogP contribution is 2.36. The van der Waals surface area contributed by atoms with E-state index in [-0.39, 0.29) is 0 Å². The standard InChI is InChI=1S/C26H36N4/c1-20(2)24-11-8-12-25(21(3)4)26(24)30-16-15-29(19-30)18-23-10-7-9-22(27-23)17-28-13-5-6-14-28/h7-12,15-16,20-21H,5-6,13-14,17-19H2,1-4H3. The molecule has 2 aliphatic rings. The number of likely N-dealkylation sites (tertiary alicyclic amines) is 1. The van der Waals surface area contributed by atoms with Crippen LogP contribution in [0.3, 0.4) is 0 Å². The summed E-state index contributed by atoms with van der Waals surface area (Å²) in [5.41, 5.74) is 6.59. The third kappa shape index (κ3) is 4.70. The molecule has 3 heterocycles. The zero-order chi connectivity index (χ0) is 21.1. The van der Waals surface area contributed by atoms with E-state index < -0.39 is 0 Å². The third-order valence-electron chi connectivity index (χ3n) is 6.23. The molecule has 1 fully saturated rings. The molecule has 2 aliphatic heterocycles. The topological polar surface area (TPSA) is 22.6 Å². The Labute approximate surface area is 182 Å². The zero-order valence-corrected chi connectivity index (χ0v) is 19.0. The predicted molar refractivity (Wildman–Crippen MR) is 125 cm³/mol. The van der Waals surface area contributed by atoms with Crippen molar-refractivity contribution in [2.45, 2.75) is 65.5 Å². The first-order valence-corrected chi connectivity index (χ1v) is 11.5. The van der Waals surface area contributed by atoms with Crippen molar-refractivity contribution in [1.29, 1.82) is 0 Å². The summed E-state index contributed by atoms with van der Waals surface area (Å²) >= 11 is 0. The summed E-state index contributed by atoms with van der Waals surface area (Å²) in [6.45, 7) is 14.3. The van der Waals surface area contributed by atoms with Crippen molar-refractivity contribution in [1.82, 2.24) is 14.8 Å². The van der Waals surface area contributed by atoms with Crippen LogP contribution in [0.4, 0.5) is 5.69 Å². The van der Waals surface area contributed by atoms with Crippen molar-refractivity contribution in [2.75, 3.05) is 24.7 Å². The molecule has 4 rings (SSSR count). The van der Waals surface area contributed by atoms with Gasteiger partial charge in [0.25, 0.3) is 0 Å². The van der Waals surface area contributed by atoms with Gasteiger partial charge in [0.2, 0.25) is 0 Å². The smallest absolute Gasteiger partial charge is 0.0946 e. The molecule has 160 valence electrons. The molecule has 2 aromatic rings. The minimum Gasteiger partial charge on any atom is -0.352 e. The van der Waals surface area contributed by atoms with Gasteiger partial charge >= 0.3 is 0 Å². The SMILES string of the molecule is CC(C)c1cccc(C(C)C)c1N1C=CN(Cc2cccc(CN3CCCC3)n2)C1. The van der Waals surface area contributed by atoms with Crippen LogP contribution in [0.25, 0.3) is 0 Å². The maximum Gasteiger partial charge on any atom is 0.0946 e. The Balaban J connectivity index is 1.47. The van der Waals surface area contributed by atoms with E-state index in [9.17, 15) is 0 Å². The Morgan fingerprint density at radius 2 is 1.40 bits per heavy atom. The molecule has 1 aromatic heterocycles. The summed E-state index contributed by atoms with van der Waals surface area (Å²) in [7, 11) is 0. The van der Waals surface area contributed by atoms with Crippen LogP contribution in [0.5, 0.6) is 0 Å². The lowest BCUT2D eigenvalue weighted by Gasteiger charge is -2.28. The van der Waals surface area contributed by atoms with E-state index in [0.29, 0.717) is 11.8 Å². The lowest BCUT2D eigenvalue weighted by atomic mass is 9.92. The molecule has 1 aromatic carbocycles. The van der Waals surface area contributed by atoms with Gasteiger partial charge in [-0.25, -0.2) is 0 Å². The summed E-state index contributed by atoms with van der Waals surface area (Å²) in [5.74, 6) is 1.01. The Hall–Kier alpha value is -2.33. The van der Waals surface area contributed by atoms with E-state index in [2.05, 4.69) is 91.2 Å². The fourth-order valence-electron chi connectivity index (χ4n) is 4.64. The molecule has 0 aliphatic carbocycles. The maximum absolute atomic E-state index is 4.95. The first-order chi connectivity index (χ1) is 14.5. The molecular weight excluding hydrogens is 368 g/mol. The van der Waals surface area contributed by atoms with E-state index >= 15 is 0 Å². The molecule has 0 saturated carbocycles. The summed E-state index contributed by atoms with van der Waals surface area (Å²) < 4.78 is 0. The van der Waals surface area contributed by atoms with Gasteiger partial charge in [0.15, 0.2) is 0 Å².